The van der Waals surface area contributed by atoms with Gasteiger partial charge in [0.1, 0.15) is 11.3 Å². The highest BCUT2D eigenvalue weighted by molar-refractivity contribution is 5.90. The second-order valence-corrected chi connectivity index (χ2v) is 7.86. The van der Waals surface area contributed by atoms with Gasteiger partial charge in [-0.25, -0.2) is 0 Å². The predicted molar refractivity (Wildman–Crippen MR) is 105 cm³/mol. The van der Waals surface area contributed by atoms with Crippen LogP contribution in [0.4, 0.5) is 0 Å². The molecule has 6 nitrogen and oxygen atoms in total. The number of fused-ring (bicyclic) bond motifs is 1. The van der Waals surface area contributed by atoms with Gasteiger partial charge in [0.2, 0.25) is 5.91 Å². The Balaban J connectivity index is 1.48. The molecule has 2 aromatic heterocycles. The van der Waals surface area contributed by atoms with Crippen LogP contribution in [-0.4, -0.2) is 42.3 Å². The van der Waals surface area contributed by atoms with E-state index in [9.17, 15) is 4.79 Å². The molecule has 2 atom stereocenters. The van der Waals surface area contributed by atoms with E-state index in [1.807, 2.05) is 30.9 Å². The highest BCUT2D eigenvalue weighted by Crippen LogP contribution is 2.29. The summed E-state index contributed by atoms with van der Waals surface area (Å²) < 4.78 is 16.7. The molecule has 0 unspecified atom stereocenters. The van der Waals surface area contributed by atoms with Gasteiger partial charge in [-0.05, 0) is 38.0 Å². The Kier molecular flexibility index (Phi) is 4.98. The van der Waals surface area contributed by atoms with Gasteiger partial charge in [0.25, 0.3) is 0 Å². The Hall–Kier alpha value is -2.60. The first-order valence-electron chi connectivity index (χ1n) is 9.64. The van der Waals surface area contributed by atoms with Crippen molar-refractivity contribution in [3.8, 4) is 0 Å². The summed E-state index contributed by atoms with van der Waals surface area (Å²) in [5, 5.41) is 5.00. The van der Waals surface area contributed by atoms with Gasteiger partial charge in [-0.2, -0.15) is 0 Å². The number of carbonyl (C=O) groups is 1. The van der Waals surface area contributed by atoms with Crippen molar-refractivity contribution in [1.29, 1.82) is 0 Å². The van der Waals surface area contributed by atoms with Gasteiger partial charge in [0.15, 0.2) is 0 Å². The van der Waals surface area contributed by atoms with Crippen LogP contribution in [0.2, 0.25) is 0 Å². The summed E-state index contributed by atoms with van der Waals surface area (Å²) in [6.45, 7) is 7.27. The van der Waals surface area contributed by atoms with Gasteiger partial charge in [-0.3, -0.25) is 4.79 Å². The molecule has 1 aliphatic heterocycles. The standard InChI is InChI=1S/C22H26N2O4/c1-13-5-14(2)22-17(12-27-19(22)6-13)9-21(25)24-10-16(20(11-24)26-4)8-18-7-15(3)23-28-18/h5-7,12,16,20H,8-11H2,1-4H3/t16-,20+/m1/s1. The van der Waals surface area contributed by atoms with Crippen LogP contribution in [0, 0.1) is 26.7 Å². The first-order chi connectivity index (χ1) is 13.4. The van der Waals surface area contributed by atoms with E-state index in [4.69, 9.17) is 13.7 Å². The molecular weight excluding hydrogens is 356 g/mol. The second kappa shape index (κ2) is 7.43. The molecule has 1 fully saturated rings. The van der Waals surface area contributed by atoms with Crippen LogP contribution in [0.5, 0.6) is 0 Å². The lowest BCUT2D eigenvalue weighted by Crippen LogP contribution is -2.31. The van der Waals surface area contributed by atoms with Crippen LogP contribution < -0.4 is 0 Å². The number of hydrogen-bond donors (Lipinski definition) is 0. The van der Waals surface area contributed by atoms with Gasteiger partial charge in [0.05, 0.1) is 24.5 Å². The van der Waals surface area contributed by atoms with Gasteiger partial charge in [0, 0.05) is 49.6 Å². The first kappa shape index (κ1) is 18.7. The van der Waals surface area contributed by atoms with E-state index >= 15 is 0 Å². The third-order valence-electron chi connectivity index (χ3n) is 5.61. The number of furan rings is 1. The minimum absolute atomic E-state index is 0.000152. The predicted octanol–water partition coefficient (Wildman–Crippen LogP) is 3.60. The summed E-state index contributed by atoms with van der Waals surface area (Å²) in [6.07, 6.45) is 2.77. The number of aryl methyl sites for hydroxylation is 3. The molecule has 28 heavy (non-hydrogen) atoms. The molecule has 6 heteroatoms. The Morgan fingerprint density at radius 3 is 2.79 bits per heavy atom. The molecule has 0 N–H and O–H groups in total. The van der Waals surface area contributed by atoms with Gasteiger partial charge in [-0.15, -0.1) is 0 Å². The molecule has 1 saturated heterocycles. The number of amides is 1. The molecule has 4 rings (SSSR count). The summed E-state index contributed by atoms with van der Waals surface area (Å²) in [7, 11) is 1.70. The summed E-state index contributed by atoms with van der Waals surface area (Å²) in [6, 6.07) is 6.08. The molecule has 3 aromatic rings. The zero-order valence-electron chi connectivity index (χ0n) is 16.8. The smallest absolute Gasteiger partial charge is 0.227 e. The fourth-order valence-electron chi connectivity index (χ4n) is 4.31. The lowest BCUT2D eigenvalue weighted by molar-refractivity contribution is -0.129. The molecule has 0 saturated carbocycles. The lowest BCUT2D eigenvalue weighted by Gasteiger charge is -2.15. The van der Waals surface area contributed by atoms with Crippen LogP contribution in [0.25, 0.3) is 11.0 Å². The molecule has 0 aliphatic carbocycles. The van der Waals surface area contributed by atoms with Crippen molar-refractivity contribution in [2.24, 2.45) is 5.92 Å². The van der Waals surface area contributed by atoms with Crippen molar-refractivity contribution in [3.63, 3.8) is 0 Å². The average Bonchev–Trinajstić information content (AvgIpc) is 3.34. The maximum Gasteiger partial charge on any atom is 0.227 e. The van der Waals surface area contributed by atoms with E-state index in [0.717, 1.165) is 45.5 Å². The highest BCUT2D eigenvalue weighted by atomic mass is 16.5. The minimum atomic E-state index is -0.000152. The highest BCUT2D eigenvalue weighted by Gasteiger charge is 2.36. The van der Waals surface area contributed by atoms with Crippen molar-refractivity contribution in [2.45, 2.75) is 39.7 Å². The fraction of sp³-hybridized carbons (Fsp3) is 0.455. The van der Waals surface area contributed by atoms with Crippen molar-refractivity contribution in [3.05, 3.63) is 52.6 Å². The van der Waals surface area contributed by atoms with Crippen molar-refractivity contribution in [2.75, 3.05) is 20.2 Å². The largest absolute Gasteiger partial charge is 0.464 e. The van der Waals surface area contributed by atoms with Crippen LogP contribution in [0.3, 0.4) is 0 Å². The van der Waals surface area contributed by atoms with E-state index in [-0.39, 0.29) is 17.9 Å². The lowest BCUT2D eigenvalue weighted by atomic mass is 10.0. The third-order valence-corrected chi connectivity index (χ3v) is 5.61. The zero-order valence-corrected chi connectivity index (χ0v) is 16.8. The van der Waals surface area contributed by atoms with Crippen LogP contribution in [0.1, 0.15) is 28.1 Å². The average molecular weight is 382 g/mol. The fourth-order valence-corrected chi connectivity index (χ4v) is 4.31. The SMILES string of the molecule is CO[C@H]1CN(C(=O)Cc2coc3cc(C)cc(C)c23)C[C@H]1Cc1cc(C)no1. The maximum atomic E-state index is 13.0. The number of carbonyl (C=O) groups excluding carboxylic acids is 1. The van der Waals surface area contributed by atoms with Crippen molar-refractivity contribution >= 4 is 16.9 Å². The first-order valence-corrected chi connectivity index (χ1v) is 9.64. The number of ether oxygens (including phenoxy) is 1. The number of rotatable bonds is 5. The number of methoxy groups -OCH3 is 1. The van der Waals surface area contributed by atoms with Gasteiger partial charge >= 0.3 is 0 Å². The maximum absolute atomic E-state index is 13.0. The van der Waals surface area contributed by atoms with E-state index < -0.39 is 0 Å². The summed E-state index contributed by atoms with van der Waals surface area (Å²) in [5.41, 5.74) is 4.95. The number of aromatic nitrogens is 1. The molecule has 148 valence electrons. The van der Waals surface area contributed by atoms with E-state index in [1.165, 1.54) is 0 Å². The topological polar surface area (TPSA) is 68.7 Å². The van der Waals surface area contributed by atoms with E-state index in [2.05, 4.69) is 18.1 Å². The molecule has 1 aliphatic rings. The zero-order chi connectivity index (χ0) is 19.8. The summed E-state index contributed by atoms with van der Waals surface area (Å²) in [4.78, 5) is 14.9. The quantitative estimate of drug-likeness (QED) is 0.674. The minimum Gasteiger partial charge on any atom is -0.464 e. The third kappa shape index (κ3) is 3.56. The van der Waals surface area contributed by atoms with Crippen molar-refractivity contribution in [1.82, 2.24) is 10.1 Å². The van der Waals surface area contributed by atoms with E-state index in [0.29, 0.717) is 19.5 Å². The number of benzene rings is 1. The van der Waals surface area contributed by atoms with Crippen molar-refractivity contribution < 1.29 is 18.5 Å². The molecular formula is C22H26N2O4. The number of likely N-dealkylation sites (tertiary alicyclic amines) is 1. The molecule has 1 amide bonds. The van der Waals surface area contributed by atoms with Crippen LogP contribution in [-0.2, 0) is 22.4 Å². The molecule has 0 bridgehead atoms. The second-order valence-electron chi connectivity index (χ2n) is 7.86. The van der Waals surface area contributed by atoms with Gasteiger partial charge in [-0.1, -0.05) is 11.2 Å². The number of hydrogen-bond acceptors (Lipinski definition) is 5. The van der Waals surface area contributed by atoms with E-state index in [1.54, 1.807) is 13.4 Å². The monoisotopic (exact) mass is 382 g/mol. The van der Waals surface area contributed by atoms with Gasteiger partial charge < -0.3 is 18.6 Å². The Morgan fingerprint density at radius 1 is 1.25 bits per heavy atom. The Labute approximate surface area is 164 Å². The molecule has 3 heterocycles. The molecule has 1 aromatic carbocycles. The number of nitrogens with zero attached hydrogens (tertiary/aromatic N) is 2. The normalized spacial score (nSPS) is 19.6. The Bertz CT molecular complexity index is 1000. The van der Waals surface area contributed by atoms with Crippen LogP contribution in [0.15, 0.2) is 33.4 Å². The van der Waals surface area contributed by atoms with Crippen LogP contribution >= 0.6 is 0 Å². The Morgan fingerprint density at radius 2 is 2.07 bits per heavy atom. The summed E-state index contributed by atoms with van der Waals surface area (Å²) in [5.74, 6) is 1.14. The molecule has 0 radical (unpaired) electrons. The summed E-state index contributed by atoms with van der Waals surface area (Å²) >= 11 is 0. The molecule has 0 spiro atoms.